The summed E-state index contributed by atoms with van der Waals surface area (Å²) in [5.74, 6) is 0.150. The molecule has 1 N–H and O–H groups in total. The van der Waals surface area contributed by atoms with Gasteiger partial charge in [-0.05, 0) is 13.3 Å². The number of anilines is 1. The van der Waals surface area contributed by atoms with E-state index in [0.29, 0.717) is 35.9 Å². The highest BCUT2D eigenvalue weighted by atomic mass is 32.1. The van der Waals surface area contributed by atoms with Crippen LogP contribution >= 0.6 is 12.2 Å². The van der Waals surface area contributed by atoms with Crippen molar-refractivity contribution in [3.63, 3.8) is 0 Å². The van der Waals surface area contributed by atoms with Crippen LogP contribution in [0.5, 0.6) is 0 Å². The van der Waals surface area contributed by atoms with Gasteiger partial charge in [0.1, 0.15) is 16.6 Å². The molecule has 1 rings (SSSR count). The Labute approximate surface area is 141 Å². The number of nitrogens with zero attached hydrogens (tertiary/aromatic N) is 3. The first kappa shape index (κ1) is 19.2. The number of aldehydes is 1. The summed E-state index contributed by atoms with van der Waals surface area (Å²) in [6, 6.07) is 0. The molecule has 1 aromatic rings. The molecule has 0 spiro atoms. The van der Waals surface area contributed by atoms with Crippen molar-refractivity contribution in [3.8, 4) is 0 Å². The second-order valence-corrected chi connectivity index (χ2v) is 5.53. The molecule has 0 aliphatic rings. The van der Waals surface area contributed by atoms with Crippen LogP contribution in [0.4, 0.5) is 11.5 Å². The molecule has 7 nitrogen and oxygen atoms in total. The maximum absolute atomic E-state index is 12.1. The molecule has 23 heavy (non-hydrogen) atoms. The molecule has 0 aromatic carbocycles. The summed E-state index contributed by atoms with van der Waals surface area (Å²) >= 11 is 5.33. The van der Waals surface area contributed by atoms with Crippen LogP contribution in [0.3, 0.4) is 0 Å². The van der Waals surface area contributed by atoms with Gasteiger partial charge in [-0.25, -0.2) is 9.79 Å². The van der Waals surface area contributed by atoms with Crippen molar-refractivity contribution >= 4 is 36.2 Å². The van der Waals surface area contributed by atoms with Crippen molar-refractivity contribution in [1.29, 1.82) is 0 Å². The Morgan fingerprint density at radius 3 is 2.65 bits per heavy atom. The van der Waals surface area contributed by atoms with Crippen LogP contribution in [-0.4, -0.2) is 41.4 Å². The lowest BCUT2D eigenvalue weighted by Gasteiger charge is -2.17. The van der Waals surface area contributed by atoms with E-state index in [2.05, 4.69) is 10.3 Å². The minimum Gasteiger partial charge on any atom is -0.381 e. The van der Waals surface area contributed by atoms with Crippen LogP contribution in [-0.2, 0) is 23.6 Å². The second kappa shape index (κ2) is 9.36. The molecule has 8 heteroatoms. The van der Waals surface area contributed by atoms with E-state index in [0.717, 1.165) is 12.7 Å². The van der Waals surface area contributed by atoms with E-state index in [1.165, 1.54) is 9.13 Å². The predicted molar refractivity (Wildman–Crippen MR) is 94.5 cm³/mol. The summed E-state index contributed by atoms with van der Waals surface area (Å²) in [7, 11) is 3.24. The second-order valence-electron chi connectivity index (χ2n) is 5.14. The number of hydrogen-bond acceptors (Lipinski definition) is 6. The molecule has 0 fully saturated rings. The Hall–Kier alpha value is -1.80. The van der Waals surface area contributed by atoms with Gasteiger partial charge in [-0.15, -0.1) is 0 Å². The minimum atomic E-state index is -0.294. The van der Waals surface area contributed by atoms with Gasteiger partial charge in [0.25, 0.3) is 0 Å². The van der Waals surface area contributed by atoms with Gasteiger partial charge in [-0.2, -0.15) is 0 Å². The maximum atomic E-state index is 12.1. The Kier molecular flexibility index (Phi) is 7.84. The summed E-state index contributed by atoms with van der Waals surface area (Å²) in [6.45, 7) is 5.10. The van der Waals surface area contributed by atoms with Gasteiger partial charge in [-0.3, -0.25) is 9.13 Å². The summed E-state index contributed by atoms with van der Waals surface area (Å²) in [5, 5.41) is 3.14. The minimum absolute atomic E-state index is 0.251. The standard InChI is InChI=1S/C15H24N4O3S/c1-5-7-22-10-11(9-20)8-17-12-13(16-6-2)18(3)15(21)19(4)14(12)23/h6,9,11,17H,5,7-8,10H2,1-4H3. The van der Waals surface area contributed by atoms with E-state index < -0.39 is 0 Å². The molecule has 0 saturated heterocycles. The third kappa shape index (κ3) is 4.84. The van der Waals surface area contributed by atoms with E-state index >= 15 is 0 Å². The van der Waals surface area contributed by atoms with Crippen molar-refractivity contribution in [3.05, 3.63) is 15.1 Å². The maximum Gasteiger partial charge on any atom is 0.330 e. The molecule has 0 saturated carbocycles. The first-order valence-electron chi connectivity index (χ1n) is 7.53. The molecule has 0 aliphatic carbocycles. The quantitative estimate of drug-likeness (QED) is 0.321. The Balaban J connectivity index is 3.05. The third-order valence-electron chi connectivity index (χ3n) is 3.30. The molecule has 1 heterocycles. The fourth-order valence-corrected chi connectivity index (χ4v) is 2.26. The SMILES string of the molecule is CC=Nc1c(NCC(C=O)COCCC)c(=S)n(C)c(=O)n1C. The van der Waals surface area contributed by atoms with Gasteiger partial charge in [-0.1, -0.05) is 19.1 Å². The number of nitrogens with one attached hydrogen (secondary N) is 1. The zero-order valence-electron chi connectivity index (χ0n) is 14.0. The van der Waals surface area contributed by atoms with Crippen molar-refractivity contribution < 1.29 is 9.53 Å². The summed E-state index contributed by atoms with van der Waals surface area (Å²) in [6.07, 6.45) is 3.36. The van der Waals surface area contributed by atoms with E-state index in [1.54, 1.807) is 27.2 Å². The zero-order valence-corrected chi connectivity index (χ0v) is 14.9. The average Bonchev–Trinajstić information content (AvgIpc) is 2.55. The number of ether oxygens (including phenoxy) is 1. The van der Waals surface area contributed by atoms with Crippen LogP contribution in [0.2, 0.25) is 0 Å². The van der Waals surface area contributed by atoms with Crippen molar-refractivity contribution in [2.45, 2.75) is 20.3 Å². The normalized spacial score (nSPS) is 12.5. The number of rotatable bonds is 9. The molecular formula is C15H24N4O3S. The fourth-order valence-electron chi connectivity index (χ4n) is 2.02. The van der Waals surface area contributed by atoms with E-state index in [4.69, 9.17) is 17.0 Å². The number of aromatic nitrogens is 2. The molecule has 128 valence electrons. The lowest BCUT2D eigenvalue weighted by Crippen LogP contribution is -2.29. The van der Waals surface area contributed by atoms with E-state index in [9.17, 15) is 9.59 Å². The topological polar surface area (TPSA) is 77.6 Å². The van der Waals surface area contributed by atoms with Gasteiger partial charge in [0.2, 0.25) is 0 Å². The van der Waals surface area contributed by atoms with Crippen LogP contribution in [0.15, 0.2) is 9.79 Å². The highest BCUT2D eigenvalue weighted by molar-refractivity contribution is 7.71. The molecule has 1 atom stereocenters. The number of hydrogen-bond donors (Lipinski definition) is 1. The highest BCUT2D eigenvalue weighted by Gasteiger charge is 2.14. The molecule has 0 aliphatic heterocycles. The van der Waals surface area contributed by atoms with Crippen molar-refractivity contribution in [1.82, 2.24) is 9.13 Å². The molecule has 0 bridgehead atoms. The molecule has 0 amide bonds. The number of carbonyl (C=O) groups excluding carboxylic acids is 1. The Bertz CT molecular complexity index is 679. The predicted octanol–water partition coefficient (Wildman–Crippen LogP) is 1.83. The summed E-state index contributed by atoms with van der Waals surface area (Å²) in [5.41, 5.74) is 0.310. The third-order valence-corrected chi connectivity index (χ3v) is 3.78. The zero-order chi connectivity index (χ0) is 17.4. The Morgan fingerprint density at radius 1 is 1.39 bits per heavy atom. The van der Waals surface area contributed by atoms with Gasteiger partial charge in [0.05, 0.1) is 12.5 Å². The van der Waals surface area contributed by atoms with Crippen molar-refractivity contribution in [2.24, 2.45) is 25.0 Å². The largest absolute Gasteiger partial charge is 0.381 e. The smallest absolute Gasteiger partial charge is 0.330 e. The monoisotopic (exact) mass is 340 g/mol. The van der Waals surface area contributed by atoms with Crippen LogP contribution in [0.25, 0.3) is 0 Å². The van der Waals surface area contributed by atoms with E-state index in [1.807, 2.05) is 6.92 Å². The number of aliphatic imine (C=N–C) groups is 1. The summed E-state index contributed by atoms with van der Waals surface area (Å²) in [4.78, 5) is 27.5. The highest BCUT2D eigenvalue weighted by Crippen LogP contribution is 2.23. The fraction of sp³-hybridized carbons (Fsp3) is 0.600. The molecule has 1 aromatic heterocycles. The molecule has 0 radical (unpaired) electrons. The first-order chi connectivity index (χ1) is 11.0. The van der Waals surface area contributed by atoms with Gasteiger partial charge < -0.3 is 14.8 Å². The molecular weight excluding hydrogens is 316 g/mol. The van der Waals surface area contributed by atoms with Gasteiger partial charge >= 0.3 is 5.69 Å². The first-order valence-corrected chi connectivity index (χ1v) is 7.94. The molecule has 1 unspecified atom stereocenters. The lowest BCUT2D eigenvalue weighted by atomic mass is 10.2. The van der Waals surface area contributed by atoms with Crippen molar-refractivity contribution in [2.75, 3.05) is 25.1 Å². The number of carbonyl (C=O) groups is 1. The van der Waals surface area contributed by atoms with Crippen LogP contribution in [0.1, 0.15) is 20.3 Å². The summed E-state index contributed by atoms with van der Waals surface area (Å²) < 4.78 is 8.56. The Morgan fingerprint density at radius 2 is 2.09 bits per heavy atom. The average molecular weight is 340 g/mol. The van der Waals surface area contributed by atoms with E-state index in [-0.39, 0.29) is 11.6 Å². The van der Waals surface area contributed by atoms with Crippen LogP contribution < -0.4 is 11.0 Å². The van der Waals surface area contributed by atoms with Crippen LogP contribution in [0, 0.1) is 10.6 Å². The lowest BCUT2D eigenvalue weighted by molar-refractivity contribution is -0.112. The van der Waals surface area contributed by atoms with Gasteiger partial charge in [0, 0.05) is 33.5 Å². The van der Waals surface area contributed by atoms with Gasteiger partial charge in [0.15, 0.2) is 5.82 Å².